The van der Waals surface area contributed by atoms with Gasteiger partial charge >= 0.3 is 0 Å². The number of carbonyl (C=O) groups is 1. The molecule has 1 heterocycles. The number of benzene rings is 1. The minimum Gasteiger partial charge on any atom is -0.412 e. The molecule has 0 bridgehead atoms. The van der Waals surface area contributed by atoms with Crippen LogP contribution >= 0.6 is 0 Å². The molecule has 0 saturated heterocycles. The van der Waals surface area contributed by atoms with Gasteiger partial charge in [-0.15, -0.1) is 0 Å². The van der Waals surface area contributed by atoms with Gasteiger partial charge in [-0.2, -0.15) is 0 Å². The van der Waals surface area contributed by atoms with Gasteiger partial charge in [0, 0.05) is 23.9 Å². The van der Waals surface area contributed by atoms with Crippen molar-refractivity contribution in [1.29, 1.82) is 0 Å². The summed E-state index contributed by atoms with van der Waals surface area (Å²) in [6.45, 7) is 3.83. The fourth-order valence-corrected chi connectivity index (χ4v) is 1.41. The molecular weight excluding hydrogens is 166 g/mol. The van der Waals surface area contributed by atoms with Crippen LogP contribution < -0.4 is 0 Å². The second-order valence-corrected chi connectivity index (χ2v) is 2.86. The molecule has 0 atom stereocenters. The van der Waals surface area contributed by atoms with E-state index in [1.165, 1.54) is 0 Å². The molecule has 2 rings (SSSR count). The lowest BCUT2D eigenvalue weighted by molar-refractivity contribution is 0.0875. The normalized spacial score (nSPS) is 14.1. The fraction of sp³-hybridized carbons (Fsp3) is 0.100. The third-order valence-corrected chi connectivity index (χ3v) is 2.18. The lowest BCUT2D eigenvalue weighted by Gasteiger charge is -2.07. The highest BCUT2D eigenvalue weighted by Gasteiger charge is 2.26. The molecule has 1 aromatic rings. The first-order valence-electron chi connectivity index (χ1n) is 3.78. The fourth-order valence-electron chi connectivity index (χ4n) is 1.41. The summed E-state index contributed by atoms with van der Waals surface area (Å²) in [5.74, 6) is 0.0376. The Hall–Kier alpha value is -1.61. The number of nitrogens with zero attached hydrogens (tertiary/aromatic N) is 1. The van der Waals surface area contributed by atoms with Crippen LogP contribution in [-0.2, 0) is 0 Å². The predicted octanol–water partition coefficient (Wildman–Crippen LogP) is 0.918. The summed E-state index contributed by atoms with van der Waals surface area (Å²) in [5, 5.41) is 0. The van der Waals surface area contributed by atoms with Crippen molar-refractivity contribution in [2.24, 2.45) is 0 Å². The average Bonchev–Trinajstić information content (AvgIpc) is 2.33. The second kappa shape index (κ2) is 3.03. The Balaban J connectivity index is 0.000000845. The van der Waals surface area contributed by atoms with Gasteiger partial charge in [0.15, 0.2) is 0 Å². The molecule has 3 nitrogen and oxygen atoms in total. The third-order valence-electron chi connectivity index (χ3n) is 2.18. The molecule has 0 saturated carbocycles. The van der Waals surface area contributed by atoms with Crippen molar-refractivity contribution in [3.8, 4) is 0 Å². The molecule has 3 heteroatoms. The molecule has 0 aliphatic carbocycles. The Bertz CT molecular complexity index is 336. The molecule has 1 aliphatic heterocycles. The first-order chi connectivity index (χ1) is 5.72. The van der Waals surface area contributed by atoms with E-state index in [9.17, 15) is 4.79 Å². The maximum Gasteiger partial charge on any atom is 0.258 e. The molecule has 2 N–H and O–H groups in total. The summed E-state index contributed by atoms with van der Waals surface area (Å²) in [6, 6.07) is 7.52. The lowest BCUT2D eigenvalue weighted by atomic mass is 10.1. The zero-order chi connectivity index (χ0) is 8.72. The van der Waals surface area contributed by atoms with E-state index in [0.717, 1.165) is 16.8 Å². The van der Waals surface area contributed by atoms with Crippen LogP contribution in [0.15, 0.2) is 30.8 Å². The van der Waals surface area contributed by atoms with Gasteiger partial charge in [0.1, 0.15) is 0 Å². The summed E-state index contributed by atoms with van der Waals surface area (Å²) < 4.78 is 0. The van der Waals surface area contributed by atoms with Crippen molar-refractivity contribution in [3.05, 3.63) is 42.0 Å². The van der Waals surface area contributed by atoms with E-state index < -0.39 is 0 Å². The number of rotatable bonds is 0. The van der Waals surface area contributed by atoms with Crippen LogP contribution in [0.2, 0.25) is 0 Å². The SMILES string of the molecule is C=C1c2ccccc2C(=O)N1C.O. The smallest absolute Gasteiger partial charge is 0.258 e. The standard InChI is InChI=1S/C10H9NO.H2O/c1-7-8-5-3-4-6-9(8)10(12)11(7)2;/h3-6H,1H2,2H3;1H2. The van der Waals surface area contributed by atoms with Gasteiger partial charge < -0.3 is 10.4 Å². The van der Waals surface area contributed by atoms with Crippen LogP contribution in [0.25, 0.3) is 5.70 Å². The molecule has 1 aliphatic rings. The molecule has 0 unspecified atom stereocenters. The number of amides is 1. The van der Waals surface area contributed by atoms with Gasteiger partial charge in [0.25, 0.3) is 5.91 Å². The second-order valence-electron chi connectivity index (χ2n) is 2.86. The van der Waals surface area contributed by atoms with E-state index in [4.69, 9.17) is 0 Å². The van der Waals surface area contributed by atoms with Gasteiger partial charge in [-0.3, -0.25) is 4.79 Å². The largest absolute Gasteiger partial charge is 0.412 e. The van der Waals surface area contributed by atoms with Crippen LogP contribution in [0.5, 0.6) is 0 Å². The summed E-state index contributed by atoms with van der Waals surface area (Å²) >= 11 is 0. The van der Waals surface area contributed by atoms with Crippen LogP contribution in [0.1, 0.15) is 15.9 Å². The third kappa shape index (κ3) is 1.13. The van der Waals surface area contributed by atoms with Gasteiger partial charge in [-0.25, -0.2) is 0 Å². The van der Waals surface area contributed by atoms with Gasteiger partial charge in [0.05, 0.1) is 0 Å². The Morgan fingerprint density at radius 1 is 1.23 bits per heavy atom. The van der Waals surface area contributed by atoms with Crippen molar-refractivity contribution in [2.75, 3.05) is 7.05 Å². The van der Waals surface area contributed by atoms with Crippen molar-refractivity contribution in [1.82, 2.24) is 4.90 Å². The van der Waals surface area contributed by atoms with Crippen molar-refractivity contribution in [3.63, 3.8) is 0 Å². The van der Waals surface area contributed by atoms with Crippen molar-refractivity contribution < 1.29 is 10.3 Å². The predicted molar refractivity (Wildman–Crippen MR) is 51.2 cm³/mol. The maximum atomic E-state index is 11.5. The Labute approximate surface area is 76.6 Å². The van der Waals surface area contributed by atoms with Gasteiger partial charge in [0.2, 0.25) is 0 Å². The van der Waals surface area contributed by atoms with E-state index in [1.807, 2.05) is 24.3 Å². The van der Waals surface area contributed by atoms with Crippen LogP contribution in [0.4, 0.5) is 0 Å². The monoisotopic (exact) mass is 177 g/mol. The van der Waals surface area contributed by atoms with E-state index in [2.05, 4.69) is 6.58 Å². The first-order valence-corrected chi connectivity index (χ1v) is 3.78. The summed E-state index contributed by atoms with van der Waals surface area (Å²) in [4.78, 5) is 13.0. The molecule has 13 heavy (non-hydrogen) atoms. The van der Waals surface area contributed by atoms with E-state index >= 15 is 0 Å². The molecule has 68 valence electrons. The lowest BCUT2D eigenvalue weighted by Crippen LogP contribution is -2.16. The summed E-state index contributed by atoms with van der Waals surface area (Å²) in [6.07, 6.45) is 0. The van der Waals surface area contributed by atoms with E-state index in [0.29, 0.717) is 0 Å². The molecule has 0 spiro atoms. The molecule has 0 fully saturated rings. The topological polar surface area (TPSA) is 51.8 Å². The van der Waals surface area contributed by atoms with Crippen molar-refractivity contribution >= 4 is 11.6 Å². The molecule has 0 radical (unpaired) electrons. The highest BCUT2D eigenvalue weighted by atomic mass is 16.2. The minimum atomic E-state index is 0. The number of carbonyl (C=O) groups excluding carboxylic acids is 1. The zero-order valence-corrected chi connectivity index (χ0v) is 7.37. The highest BCUT2D eigenvalue weighted by Crippen LogP contribution is 2.28. The van der Waals surface area contributed by atoms with Crippen LogP contribution in [0.3, 0.4) is 0 Å². The summed E-state index contributed by atoms with van der Waals surface area (Å²) in [7, 11) is 1.74. The van der Waals surface area contributed by atoms with Gasteiger partial charge in [-0.1, -0.05) is 24.8 Å². The van der Waals surface area contributed by atoms with Crippen LogP contribution in [0, 0.1) is 0 Å². The summed E-state index contributed by atoms with van der Waals surface area (Å²) in [5.41, 5.74) is 2.49. The molecule has 1 aromatic carbocycles. The van der Waals surface area contributed by atoms with Crippen LogP contribution in [-0.4, -0.2) is 23.3 Å². The Kier molecular flexibility index (Phi) is 2.21. The average molecular weight is 177 g/mol. The molecule has 1 amide bonds. The minimum absolute atomic E-state index is 0. The maximum absolute atomic E-state index is 11.5. The Morgan fingerprint density at radius 3 is 2.31 bits per heavy atom. The van der Waals surface area contributed by atoms with E-state index in [-0.39, 0.29) is 11.4 Å². The highest BCUT2D eigenvalue weighted by molar-refractivity contribution is 6.08. The van der Waals surface area contributed by atoms with Crippen molar-refractivity contribution in [2.45, 2.75) is 0 Å². The Morgan fingerprint density at radius 2 is 1.77 bits per heavy atom. The number of fused-ring (bicyclic) bond motifs is 1. The molecular formula is C10H11NO2. The van der Waals surface area contributed by atoms with Gasteiger partial charge in [-0.05, 0) is 6.07 Å². The zero-order valence-electron chi connectivity index (χ0n) is 7.37. The first kappa shape index (κ1) is 9.48. The number of hydrogen-bond donors (Lipinski definition) is 0. The number of hydrogen-bond acceptors (Lipinski definition) is 1. The van der Waals surface area contributed by atoms with E-state index in [1.54, 1.807) is 11.9 Å². The quantitative estimate of drug-likeness (QED) is 0.581. The molecule has 0 aromatic heterocycles.